The number of hydrogen-bond acceptors (Lipinski definition) is 2. The average Bonchev–Trinajstić information content (AvgIpc) is 2.36. The van der Waals surface area contributed by atoms with Crippen LogP contribution in [0.5, 0.6) is 0 Å². The van der Waals surface area contributed by atoms with Crippen molar-refractivity contribution in [3.63, 3.8) is 0 Å². The first-order valence-electron chi connectivity index (χ1n) is 7.17. The van der Waals surface area contributed by atoms with Crippen LogP contribution in [-0.4, -0.2) is 25.5 Å². The monoisotopic (exact) mass is 262 g/mol. The van der Waals surface area contributed by atoms with Crippen LogP contribution in [0.2, 0.25) is 0 Å². The van der Waals surface area contributed by atoms with Gasteiger partial charge in [0.25, 0.3) is 0 Å². The van der Waals surface area contributed by atoms with Crippen LogP contribution in [0, 0.1) is 5.92 Å². The van der Waals surface area contributed by atoms with E-state index in [1.165, 1.54) is 5.56 Å². The summed E-state index contributed by atoms with van der Waals surface area (Å²) in [6.07, 6.45) is 1.56. The van der Waals surface area contributed by atoms with E-state index < -0.39 is 0 Å². The molecule has 0 aliphatic rings. The number of benzene rings is 1. The average molecular weight is 262 g/mol. The zero-order valence-electron chi connectivity index (χ0n) is 12.3. The minimum atomic E-state index is 0.0921. The quantitative estimate of drug-likeness (QED) is 0.705. The van der Waals surface area contributed by atoms with Gasteiger partial charge < -0.3 is 10.6 Å². The molecule has 3 nitrogen and oxygen atoms in total. The van der Waals surface area contributed by atoms with E-state index in [4.69, 9.17) is 0 Å². The van der Waals surface area contributed by atoms with Gasteiger partial charge in [0.1, 0.15) is 0 Å². The van der Waals surface area contributed by atoms with Gasteiger partial charge in [-0.3, -0.25) is 4.79 Å². The molecule has 0 atom stereocenters. The van der Waals surface area contributed by atoms with E-state index in [0.29, 0.717) is 18.9 Å². The highest BCUT2D eigenvalue weighted by Gasteiger charge is 2.03. The van der Waals surface area contributed by atoms with Crippen molar-refractivity contribution in [1.82, 2.24) is 10.6 Å². The topological polar surface area (TPSA) is 41.1 Å². The summed E-state index contributed by atoms with van der Waals surface area (Å²) in [6.45, 7) is 8.94. The lowest BCUT2D eigenvalue weighted by Gasteiger charge is -2.07. The third-order valence-electron chi connectivity index (χ3n) is 2.91. The Balaban J connectivity index is 2.34. The fourth-order valence-electron chi connectivity index (χ4n) is 1.98. The summed E-state index contributed by atoms with van der Waals surface area (Å²) in [5.41, 5.74) is 2.42. The Labute approximate surface area is 116 Å². The molecule has 0 aromatic heterocycles. The molecule has 1 rings (SSSR count). The fraction of sp³-hybridized carbons (Fsp3) is 0.562. The van der Waals surface area contributed by atoms with Gasteiger partial charge in [-0.1, -0.05) is 45.0 Å². The second kappa shape index (κ2) is 8.70. The lowest BCUT2D eigenvalue weighted by atomic mass is 10.0. The molecule has 0 spiro atoms. The summed E-state index contributed by atoms with van der Waals surface area (Å²) in [6, 6.07) is 8.37. The van der Waals surface area contributed by atoms with Gasteiger partial charge in [0.15, 0.2) is 0 Å². The SMILES string of the molecule is CCNCCNC(=O)Cc1ccc(CC(C)C)cc1. The normalized spacial score (nSPS) is 10.7. The predicted octanol–water partition coefficient (Wildman–Crippen LogP) is 2.15. The number of hydrogen-bond donors (Lipinski definition) is 2. The van der Waals surface area contributed by atoms with Crippen LogP contribution in [0.15, 0.2) is 24.3 Å². The molecule has 1 amide bonds. The lowest BCUT2D eigenvalue weighted by Crippen LogP contribution is -2.32. The van der Waals surface area contributed by atoms with Crippen molar-refractivity contribution < 1.29 is 4.79 Å². The van der Waals surface area contributed by atoms with Crippen LogP contribution in [-0.2, 0) is 17.6 Å². The van der Waals surface area contributed by atoms with Crippen LogP contribution >= 0.6 is 0 Å². The van der Waals surface area contributed by atoms with Gasteiger partial charge in [0.2, 0.25) is 5.91 Å². The van der Waals surface area contributed by atoms with Gasteiger partial charge >= 0.3 is 0 Å². The number of nitrogens with one attached hydrogen (secondary N) is 2. The Bertz CT molecular complexity index is 371. The molecule has 1 aromatic rings. The van der Waals surface area contributed by atoms with Gasteiger partial charge in [-0.2, -0.15) is 0 Å². The molecule has 0 bridgehead atoms. The van der Waals surface area contributed by atoms with Crippen molar-refractivity contribution in [3.05, 3.63) is 35.4 Å². The maximum Gasteiger partial charge on any atom is 0.224 e. The van der Waals surface area contributed by atoms with E-state index in [0.717, 1.165) is 25.1 Å². The van der Waals surface area contributed by atoms with E-state index >= 15 is 0 Å². The summed E-state index contributed by atoms with van der Waals surface area (Å²) in [7, 11) is 0. The molecule has 0 heterocycles. The first kappa shape index (κ1) is 15.7. The van der Waals surface area contributed by atoms with Crippen molar-refractivity contribution in [2.45, 2.75) is 33.6 Å². The second-order valence-corrected chi connectivity index (χ2v) is 5.29. The van der Waals surface area contributed by atoms with Crippen LogP contribution < -0.4 is 10.6 Å². The summed E-state index contributed by atoms with van der Waals surface area (Å²) in [5.74, 6) is 0.759. The molecule has 3 heteroatoms. The van der Waals surface area contributed by atoms with Crippen molar-refractivity contribution in [3.8, 4) is 0 Å². The largest absolute Gasteiger partial charge is 0.355 e. The minimum Gasteiger partial charge on any atom is -0.355 e. The predicted molar refractivity (Wildman–Crippen MR) is 80.2 cm³/mol. The van der Waals surface area contributed by atoms with E-state index in [9.17, 15) is 4.79 Å². The molecule has 0 aliphatic heterocycles. The molecule has 0 saturated carbocycles. The van der Waals surface area contributed by atoms with E-state index in [2.05, 4.69) is 55.7 Å². The van der Waals surface area contributed by atoms with Crippen LogP contribution in [0.25, 0.3) is 0 Å². The van der Waals surface area contributed by atoms with Gasteiger partial charge in [0, 0.05) is 13.1 Å². The number of rotatable bonds is 8. The van der Waals surface area contributed by atoms with Gasteiger partial charge in [-0.25, -0.2) is 0 Å². The van der Waals surface area contributed by atoms with E-state index in [1.54, 1.807) is 0 Å². The number of carbonyl (C=O) groups excluding carboxylic acids is 1. The Morgan fingerprint density at radius 1 is 1.11 bits per heavy atom. The van der Waals surface area contributed by atoms with Crippen molar-refractivity contribution in [2.75, 3.05) is 19.6 Å². The third kappa shape index (κ3) is 6.97. The van der Waals surface area contributed by atoms with E-state index in [-0.39, 0.29) is 5.91 Å². The summed E-state index contributed by atoms with van der Waals surface area (Å²) in [4.78, 5) is 11.7. The molecule has 0 fully saturated rings. The van der Waals surface area contributed by atoms with Crippen LogP contribution in [0.3, 0.4) is 0 Å². The third-order valence-corrected chi connectivity index (χ3v) is 2.91. The molecule has 0 radical (unpaired) electrons. The number of carbonyl (C=O) groups is 1. The first-order chi connectivity index (χ1) is 9.11. The lowest BCUT2D eigenvalue weighted by molar-refractivity contribution is -0.120. The van der Waals surface area contributed by atoms with E-state index in [1.807, 2.05) is 0 Å². The summed E-state index contributed by atoms with van der Waals surface area (Å²) < 4.78 is 0. The standard InChI is InChI=1S/C16H26N2O/c1-4-17-9-10-18-16(19)12-15-7-5-14(6-8-15)11-13(2)3/h5-8,13,17H,4,9-12H2,1-3H3,(H,18,19). The van der Waals surface area contributed by atoms with Crippen molar-refractivity contribution in [2.24, 2.45) is 5.92 Å². The maximum absolute atomic E-state index is 11.7. The fourth-order valence-corrected chi connectivity index (χ4v) is 1.98. The highest BCUT2D eigenvalue weighted by Crippen LogP contribution is 2.10. The minimum absolute atomic E-state index is 0.0921. The molecule has 0 aliphatic carbocycles. The van der Waals surface area contributed by atoms with Crippen LogP contribution in [0.1, 0.15) is 31.9 Å². The van der Waals surface area contributed by atoms with Gasteiger partial charge in [-0.05, 0) is 30.0 Å². The number of likely N-dealkylation sites (N-methyl/N-ethyl adjacent to an activating group) is 1. The smallest absolute Gasteiger partial charge is 0.224 e. The number of amides is 1. The Morgan fingerprint density at radius 2 is 1.74 bits per heavy atom. The molecule has 1 aromatic carbocycles. The molecule has 19 heavy (non-hydrogen) atoms. The molecule has 2 N–H and O–H groups in total. The zero-order chi connectivity index (χ0) is 14.1. The first-order valence-corrected chi connectivity index (χ1v) is 7.17. The second-order valence-electron chi connectivity index (χ2n) is 5.29. The molecule has 106 valence electrons. The summed E-state index contributed by atoms with van der Waals surface area (Å²) >= 11 is 0. The van der Waals surface area contributed by atoms with Gasteiger partial charge in [0.05, 0.1) is 6.42 Å². The highest BCUT2D eigenvalue weighted by molar-refractivity contribution is 5.78. The van der Waals surface area contributed by atoms with Crippen molar-refractivity contribution in [1.29, 1.82) is 0 Å². The maximum atomic E-state index is 11.7. The molecular formula is C16H26N2O. The Kier molecular flexibility index (Phi) is 7.19. The van der Waals surface area contributed by atoms with Crippen molar-refractivity contribution >= 4 is 5.91 Å². The Hall–Kier alpha value is -1.35. The van der Waals surface area contributed by atoms with Crippen LogP contribution in [0.4, 0.5) is 0 Å². The molecular weight excluding hydrogens is 236 g/mol. The highest BCUT2D eigenvalue weighted by atomic mass is 16.1. The van der Waals surface area contributed by atoms with Gasteiger partial charge in [-0.15, -0.1) is 0 Å². The Morgan fingerprint density at radius 3 is 2.32 bits per heavy atom. The molecule has 0 saturated heterocycles. The summed E-state index contributed by atoms with van der Waals surface area (Å²) in [5, 5.41) is 6.09. The molecule has 0 unspecified atom stereocenters. The zero-order valence-corrected chi connectivity index (χ0v) is 12.3.